The molecule has 0 aliphatic heterocycles. The summed E-state index contributed by atoms with van der Waals surface area (Å²) in [6.45, 7) is 0. The zero-order chi connectivity index (χ0) is 12.5. The van der Waals surface area contributed by atoms with Gasteiger partial charge in [-0.2, -0.15) is 5.10 Å². The highest BCUT2D eigenvalue weighted by Gasteiger charge is 2.23. The highest BCUT2D eigenvalue weighted by Crippen LogP contribution is 2.32. The van der Waals surface area contributed by atoms with Crippen molar-refractivity contribution in [2.24, 2.45) is 7.05 Å². The van der Waals surface area contributed by atoms with Crippen molar-refractivity contribution in [2.75, 3.05) is 5.32 Å². The van der Waals surface area contributed by atoms with Crippen molar-refractivity contribution >= 4 is 17.3 Å². The average Bonchev–Trinajstić information content (AvgIpc) is 2.73. The minimum atomic E-state index is 0.320. The molecule has 1 N–H and O–H groups in total. The first kappa shape index (κ1) is 11.5. The third-order valence-electron chi connectivity index (χ3n) is 3.44. The van der Waals surface area contributed by atoms with E-state index in [0.29, 0.717) is 11.2 Å². The summed E-state index contributed by atoms with van der Waals surface area (Å²) in [6.07, 6.45) is 7.11. The molecule has 0 spiro atoms. The van der Waals surface area contributed by atoms with E-state index in [4.69, 9.17) is 11.6 Å². The first-order valence-corrected chi connectivity index (χ1v) is 6.50. The monoisotopic (exact) mass is 262 g/mol. The van der Waals surface area contributed by atoms with Gasteiger partial charge in [-0.1, -0.05) is 11.6 Å². The Morgan fingerprint density at radius 2 is 2.39 bits per heavy atom. The molecule has 2 heterocycles. The molecular formula is C13H15ClN4. The van der Waals surface area contributed by atoms with Crippen LogP contribution in [0.5, 0.6) is 0 Å². The highest BCUT2D eigenvalue weighted by atomic mass is 35.5. The lowest BCUT2D eigenvalue weighted by Gasteiger charge is -2.24. The number of aryl methyl sites for hydroxylation is 1. The van der Waals surface area contributed by atoms with Crippen molar-refractivity contribution in [3.63, 3.8) is 0 Å². The van der Waals surface area contributed by atoms with Crippen LogP contribution in [0, 0.1) is 0 Å². The van der Waals surface area contributed by atoms with E-state index in [1.54, 1.807) is 6.20 Å². The van der Waals surface area contributed by atoms with E-state index >= 15 is 0 Å². The van der Waals surface area contributed by atoms with Crippen molar-refractivity contribution in [1.29, 1.82) is 0 Å². The van der Waals surface area contributed by atoms with Crippen molar-refractivity contribution in [2.45, 2.75) is 25.3 Å². The second-order valence-corrected chi connectivity index (χ2v) is 5.01. The molecule has 0 bridgehead atoms. The molecule has 3 rings (SSSR count). The largest absolute Gasteiger partial charge is 0.378 e. The number of fused-ring (bicyclic) bond motifs is 1. The summed E-state index contributed by atoms with van der Waals surface area (Å²) < 4.78 is 1.97. The van der Waals surface area contributed by atoms with E-state index in [2.05, 4.69) is 15.4 Å². The predicted octanol–water partition coefficient (Wildman–Crippen LogP) is 2.96. The quantitative estimate of drug-likeness (QED) is 0.846. The number of rotatable bonds is 2. The summed E-state index contributed by atoms with van der Waals surface area (Å²) >= 11 is 5.90. The van der Waals surface area contributed by atoms with Crippen LogP contribution in [0.25, 0.3) is 0 Å². The molecule has 0 radical (unpaired) electrons. The van der Waals surface area contributed by atoms with Gasteiger partial charge in [0, 0.05) is 30.2 Å². The molecule has 18 heavy (non-hydrogen) atoms. The van der Waals surface area contributed by atoms with Crippen molar-refractivity contribution < 1.29 is 0 Å². The van der Waals surface area contributed by atoms with Gasteiger partial charge in [-0.3, -0.25) is 4.68 Å². The number of hydrogen-bond donors (Lipinski definition) is 1. The van der Waals surface area contributed by atoms with Gasteiger partial charge >= 0.3 is 0 Å². The second-order valence-electron chi connectivity index (χ2n) is 4.63. The molecule has 0 aromatic carbocycles. The molecule has 0 fully saturated rings. The van der Waals surface area contributed by atoms with Crippen LogP contribution in [-0.2, 0) is 13.5 Å². The Bertz CT molecular complexity index is 564. The zero-order valence-corrected chi connectivity index (χ0v) is 11.0. The van der Waals surface area contributed by atoms with Gasteiger partial charge in [0.25, 0.3) is 0 Å². The average molecular weight is 263 g/mol. The van der Waals surface area contributed by atoms with Crippen LogP contribution in [0.1, 0.15) is 30.1 Å². The Hall–Kier alpha value is -1.55. The normalized spacial score (nSPS) is 18.4. The van der Waals surface area contributed by atoms with Crippen LogP contribution >= 0.6 is 11.6 Å². The second kappa shape index (κ2) is 4.61. The molecule has 1 unspecified atom stereocenters. The summed E-state index contributed by atoms with van der Waals surface area (Å²) in [4.78, 5) is 3.99. The van der Waals surface area contributed by atoms with Crippen LogP contribution in [0.15, 0.2) is 24.5 Å². The van der Waals surface area contributed by atoms with Crippen molar-refractivity contribution in [3.05, 3.63) is 40.9 Å². The third kappa shape index (κ3) is 2.08. The third-order valence-corrected chi connectivity index (χ3v) is 3.65. The van der Waals surface area contributed by atoms with E-state index < -0.39 is 0 Å². The fourth-order valence-corrected chi connectivity index (χ4v) is 2.72. The van der Waals surface area contributed by atoms with Gasteiger partial charge in [-0.25, -0.2) is 4.98 Å². The van der Waals surface area contributed by atoms with Gasteiger partial charge in [0.2, 0.25) is 0 Å². The topological polar surface area (TPSA) is 42.7 Å². The van der Waals surface area contributed by atoms with Crippen LogP contribution in [0.4, 0.5) is 5.69 Å². The molecule has 2 aromatic heterocycles. The lowest BCUT2D eigenvalue weighted by molar-refractivity contribution is 0.571. The number of aromatic nitrogens is 3. The van der Waals surface area contributed by atoms with Gasteiger partial charge < -0.3 is 5.32 Å². The number of hydrogen-bond acceptors (Lipinski definition) is 3. The molecule has 1 aliphatic carbocycles. The smallest absolute Gasteiger partial charge is 0.131 e. The summed E-state index contributed by atoms with van der Waals surface area (Å²) in [5.41, 5.74) is 3.65. The SMILES string of the molecule is Cn1ncc2c1CCCC2Nc1ccnc(Cl)c1. The minimum Gasteiger partial charge on any atom is -0.378 e. The van der Waals surface area contributed by atoms with Gasteiger partial charge in [-0.05, 0) is 31.4 Å². The summed E-state index contributed by atoms with van der Waals surface area (Å²) in [5, 5.41) is 8.38. The van der Waals surface area contributed by atoms with E-state index in [1.807, 2.05) is 30.1 Å². The van der Waals surface area contributed by atoms with E-state index in [-0.39, 0.29) is 0 Å². The highest BCUT2D eigenvalue weighted by molar-refractivity contribution is 6.29. The molecule has 4 nitrogen and oxygen atoms in total. The maximum absolute atomic E-state index is 5.90. The fourth-order valence-electron chi connectivity index (χ4n) is 2.55. The zero-order valence-electron chi connectivity index (χ0n) is 10.2. The standard InChI is InChI=1S/C13H15ClN4/c1-18-12-4-2-3-11(10(12)8-16-18)17-9-5-6-15-13(14)7-9/h5-8,11H,2-4H2,1H3,(H,15,17). The number of pyridine rings is 1. The maximum Gasteiger partial charge on any atom is 0.131 e. The lowest BCUT2D eigenvalue weighted by atomic mass is 9.93. The molecule has 1 atom stereocenters. The molecule has 2 aromatic rings. The number of anilines is 1. The summed E-state index contributed by atoms with van der Waals surface area (Å²) in [5.74, 6) is 0. The number of nitrogens with one attached hydrogen (secondary N) is 1. The fraction of sp³-hybridized carbons (Fsp3) is 0.385. The first-order valence-electron chi connectivity index (χ1n) is 6.13. The Labute approximate surface area is 111 Å². The Morgan fingerprint density at radius 3 is 3.22 bits per heavy atom. The van der Waals surface area contributed by atoms with Gasteiger partial charge in [0.1, 0.15) is 5.15 Å². The lowest BCUT2D eigenvalue weighted by Crippen LogP contribution is -2.17. The van der Waals surface area contributed by atoms with Gasteiger partial charge in [0.05, 0.1) is 12.2 Å². The molecule has 94 valence electrons. The molecule has 5 heteroatoms. The summed E-state index contributed by atoms with van der Waals surface area (Å²) in [6, 6.07) is 4.11. The molecule has 1 aliphatic rings. The van der Waals surface area contributed by atoms with Crippen LogP contribution in [-0.4, -0.2) is 14.8 Å². The van der Waals surface area contributed by atoms with Gasteiger partial charge in [0.15, 0.2) is 0 Å². The van der Waals surface area contributed by atoms with E-state index in [9.17, 15) is 0 Å². The predicted molar refractivity (Wildman–Crippen MR) is 71.8 cm³/mol. The number of halogens is 1. The number of nitrogens with zero attached hydrogens (tertiary/aromatic N) is 3. The summed E-state index contributed by atoms with van der Waals surface area (Å²) in [7, 11) is 2.00. The molecule has 0 saturated heterocycles. The van der Waals surface area contributed by atoms with Crippen LogP contribution in [0.3, 0.4) is 0 Å². The van der Waals surface area contributed by atoms with Crippen LogP contribution in [0.2, 0.25) is 5.15 Å². The van der Waals surface area contributed by atoms with Crippen molar-refractivity contribution in [1.82, 2.24) is 14.8 Å². The molecule has 0 amide bonds. The first-order chi connectivity index (χ1) is 8.74. The Kier molecular flexibility index (Phi) is 2.96. The van der Waals surface area contributed by atoms with Crippen molar-refractivity contribution in [3.8, 4) is 0 Å². The van der Waals surface area contributed by atoms with E-state index in [0.717, 1.165) is 18.5 Å². The van der Waals surface area contributed by atoms with Gasteiger partial charge in [-0.15, -0.1) is 0 Å². The van der Waals surface area contributed by atoms with Crippen LogP contribution < -0.4 is 5.32 Å². The minimum absolute atomic E-state index is 0.320. The Morgan fingerprint density at radius 1 is 1.50 bits per heavy atom. The molecular weight excluding hydrogens is 248 g/mol. The maximum atomic E-state index is 5.90. The van der Waals surface area contributed by atoms with E-state index in [1.165, 1.54) is 17.7 Å². The molecule has 0 saturated carbocycles. The Balaban J connectivity index is 1.86.